The Balaban J connectivity index is 2.32. The lowest BCUT2D eigenvalue weighted by atomic mass is 10.1. The summed E-state index contributed by atoms with van der Waals surface area (Å²) in [6.45, 7) is 0. The van der Waals surface area contributed by atoms with Crippen molar-refractivity contribution in [1.82, 2.24) is 0 Å². The fraction of sp³-hybridized carbons (Fsp3) is 0.133. The Bertz CT molecular complexity index is 814. The van der Waals surface area contributed by atoms with E-state index in [4.69, 9.17) is 11.5 Å². The molecule has 0 heterocycles. The summed E-state index contributed by atoms with van der Waals surface area (Å²) in [5.74, 6) is -1.02. The summed E-state index contributed by atoms with van der Waals surface area (Å²) in [6.07, 6.45) is -9.51. The van der Waals surface area contributed by atoms with Crippen molar-refractivity contribution in [2.24, 2.45) is 0 Å². The maximum absolute atomic E-state index is 12.8. The number of nitrogen functional groups attached to an aromatic ring is 2. The van der Waals surface area contributed by atoms with Gasteiger partial charge in [0.15, 0.2) is 0 Å². The Hall–Kier alpha value is -2.91. The molecule has 4 nitrogen and oxygen atoms in total. The summed E-state index contributed by atoms with van der Waals surface area (Å²) in [5, 5.41) is 2.09. The number of amides is 1. The van der Waals surface area contributed by atoms with E-state index in [1.54, 1.807) is 0 Å². The molecule has 0 fully saturated rings. The average molecular weight is 363 g/mol. The van der Waals surface area contributed by atoms with Crippen molar-refractivity contribution in [2.75, 3.05) is 16.8 Å². The van der Waals surface area contributed by atoms with E-state index in [0.29, 0.717) is 12.1 Å². The number of hydrogen-bond acceptors (Lipinski definition) is 3. The summed E-state index contributed by atoms with van der Waals surface area (Å²) in [5.41, 5.74) is 6.28. The number of anilines is 3. The molecule has 2 aromatic carbocycles. The zero-order valence-corrected chi connectivity index (χ0v) is 12.3. The summed E-state index contributed by atoms with van der Waals surface area (Å²) in [4.78, 5) is 12.0. The first-order valence-corrected chi connectivity index (χ1v) is 6.64. The molecule has 0 atom stereocenters. The number of hydrogen-bond donors (Lipinski definition) is 3. The van der Waals surface area contributed by atoms with Gasteiger partial charge in [0, 0.05) is 22.6 Å². The number of carbonyl (C=O) groups excluding carboxylic acids is 1. The maximum atomic E-state index is 12.8. The van der Waals surface area contributed by atoms with Crippen LogP contribution in [0.15, 0.2) is 36.4 Å². The van der Waals surface area contributed by atoms with Crippen molar-refractivity contribution in [1.29, 1.82) is 0 Å². The normalized spacial score (nSPS) is 12.1. The van der Waals surface area contributed by atoms with Gasteiger partial charge in [-0.2, -0.15) is 26.3 Å². The Morgan fingerprint density at radius 3 is 1.80 bits per heavy atom. The minimum Gasteiger partial charge on any atom is -0.398 e. The lowest BCUT2D eigenvalue weighted by Gasteiger charge is -2.14. The summed E-state index contributed by atoms with van der Waals surface area (Å²) in [6, 6.07) is 5.07. The van der Waals surface area contributed by atoms with Crippen LogP contribution in [0, 0.1) is 0 Å². The highest BCUT2D eigenvalue weighted by Gasteiger charge is 2.34. The van der Waals surface area contributed by atoms with E-state index in [1.165, 1.54) is 0 Å². The van der Waals surface area contributed by atoms with Crippen molar-refractivity contribution in [3.63, 3.8) is 0 Å². The van der Waals surface area contributed by atoms with Gasteiger partial charge in [0.2, 0.25) is 0 Å². The molecule has 0 aliphatic heterocycles. The molecule has 0 radical (unpaired) electrons. The molecule has 0 aromatic heterocycles. The fourth-order valence-electron chi connectivity index (χ4n) is 2.03. The van der Waals surface area contributed by atoms with E-state index in [9.17, 15) is 31.1 Å². The number of carbonyl (C=O) groups is 1. The Morgan fingerprint density at radius 2 is 1.28 bits per heavy atom. The van der Waals surface area contributed by atoms with Crippen molar-refractivity contribution in [3.8, 4) is 0 Å². The Labute approximate surface area is 137 Å². The third-order valence-electron chi connectivity index (χ3n) is 3.24. The molecule has 5 N–H and O–H groups in total. The quantitative estimate of drug-likeness (QED) is 0.554. The fourth-order valence-corrected chi connectivity index (χ4v) is 2.03. The highest BCUT2D eigenvalue weighted by molar-refractivity contribution is 6.04. The zero-order valence-electron chi connectivity index (χ0n) is 12.3. The lowest BCUT2D eigenvalue weighted by Crippen LogP contribution is -2.16. The third-order valence-corrected chi connectivity index (χ3v) is 3.24. The molecule has 2 aromatic rings. The first kappa shape index (κ1) is 18.4. The molecule has 134 valence electrons. The molecular formula is C15H11F6N3O. The van der Waals surface area contributed by atoms with Crippen LogP contribution in [0.3, 0.4) is 0 Å². The van der Waals surface area contributed by atoms with Gasteiger partial charge in [0.1, 0.15) is 0 Å². The van der Waals surface area contributed by atoms with E-state index in [1.807, 2.05) is 0 Å². The lowest BCUT2D eigenvalue weighted by molar-refractivity contribution is -0.137. The monoisotopic (exact) mass is 363 g/mol. The van der Waals surface area contributed by atoms with Crippen LogP contribution in [0.2, 0.25) is 0 Å². The number of rotatable bonds is 2. The van der Waals surface area contributed by atoms with E-state index >= 15 is 0 Å². The SMILES string of the molecule is Nc1ccc(NC(=O)c2ccc(N)c(C(F)(F)F)c2)cc1C(F)(F)F. The minimum atomic E-state index is -4.77. The first-order valence-electron chi connectivity index (χ1n) is 6.64. The summed E-state index contributed by atoms with van der Waals surface area (Å²) >= 11 is 0. The second-order valence-corrected chi connectivity index (χ2v) is 5.05. The predicted octanol–water partition coefficient (Wildman–Crippen LogP) is 4.14. The van der Waals surface area contributed by atoms with Crippen LogP contribution < -0.4 is 16.8 Å². The third kappa shape index (κ3) is 4.14. The molecule has 0 aliphatic carbocycles. The number of halogens is 6. The second-order valence-electron chi connectivity index (χ2n) is 5.05. The molecule has 0 saturated heterocycles. The van der Waals surface area contributed by atoms with Crippen LogP contribution in [0.25, 0.3) is 0 Å². The highest BCUT2D eigenvalue weighted by Crippen LogP contribution is 2.36. The maximum Gasteiger partial charge on any atom is 0.418 e. The molecule has 0 saturated carbocycles. The smallest absolute Gasteiger partial charge is 0.398 e. The van der Waals surface area contributed by atoms with Crippen LogP contribution in [-0.4, -0.2) is 5.91 Å². The molecule has 0 spiro atoms. The van der Waals surface area contributed by atoms with Gasteiger partial charge in [0.05, 0.1) is 11.1 Å². The van der Waals surface area contributed by atoms with Crippen LogP contribution in [0.1, 0.15) is 21.5 Å². The number of nitrogens with one attached hydrogen (secondary N) is 1. The molecular weight excluding hydrogens is 352 g/mol. The second kappa shape index (κ2) is 6.19. The van der Waals surface area contributed by atoms with Gasteiger partial charge in [-0.15, -0.1) is 0 Å². The van der Waals surface area contributed by atoms with Gasteiger partial charge in [-0.05, 0) is 36.4 Å². The largest absolute Gasteiger partial charge is 0.418 e. The zero-order chi connectivity index (χ0) is 19.0. The van der Waals surface area contributed by atoms with Crippen molar-refractivity contribution >= 4 is 23.0 Å². The molecule has 0 bridgehead atoms. The van der Waals surface area contributed by atoms with Crippen LogP contribution >= 0.6 is 0 Å². The number of nitrogens with two attached hydrogens (primary N) is 2. The molecule has 1 amide bonds. The topological polar surface area (TPSA) is 81.1 Å². The minimum absolute atomic E-state index is 0.267. The Kier molecular flexibility index (Phi) is 4.56. The molecule has 0 unspecified atom stereocenters. The molecule has 25 heavy (non-hydrogen) atoms. The first-order chi connectivity index (χ1) is 11.4. The summed E-state index contributed by atoms with van der Waals surface area (Å²) < 4.78 is 76.7. The van der Waals surface area contributed by atoms with Crippen molar-refractivity contribution < 1.29 is 31.1 Å². The van der Waals surface area contributed by atoms with Gasteiger partial charge in [-0.1, -0.05) is 0 Å². The van der Waals surface area contributed by atoms with Crippen LogP contribution in [0.4, 0.5) is 43.4 Å². The van der Waals surface area contributed by atoms with Gasteiger partial charge in [0.25, 0.3) is 5.91 Å². The number of benzene rings is 2. The van der Waals surface area contributed by atoms with Gasteiger partial charge in [-0.25, -0.2) is 0 Å². The van der Waals surface area contributed by atoms with E-state index in [-0.39, 0.29) is 5.69 Å². The highest BCUT2D eigenvalue weighted by atomic mass is 19.4. The van der Waals surface area contributed by atoms with Crippen molar-refractivity contribution in [3.05, 3.63) is 53.1 Å². The number of alkyl halides is 6. The van der Waals surface area contributed by atoms with Crippen LogP contribution in [-0.2, 0) is 12.4 Å². The predicted molar refractivity (Wildman–Crippen MR) is 79.7 cm³/mol. The van der Waals surface area contributed by atoms with E-state index in [0.717, 1.165) is 24.3 Å². The van der Waals surface area contributed by atoms with Crippen LogP contribution in [0.5, 0.6) is 0 Å². The van der Waals surface area contributed by atoms with E-state index < -0.39 is 46.3 Å². The molecule has 10 heteroatoms. The van der Waals surface area contributed by atoms with E-state index in [2.05, 4.69) is 5.32 Å². The average Bonchev–Trinajstić information content (AvgIpc) is 2.47. The molecule has 0 aliphatic rings. The molecule has 2 rings (SSSR count). The van der Waals surface area contributed by atoms with Crippen molar-refractivity contribution in [2.45, 2.75) is 12.4 Å². The summed E-state index contributed by atoms with van der Waals surface area (Å²) in [7, 11) is 0. The van der Waals surface area contributed by atoms with Gasteiger partial charge in [-0.3, -0.25) is 4.79 Å². The standard InChI is InChI=1S/C15H11F6N3O/c16-14(17,18)9-5-7(1-3-11(9)22)13(25)24-8-2-4-12(23)10(6-8)15(19,20)21/h1-6H,22-23H2,(H,24,25). The van der Waals surface area contributed by atoms with Gasteiger partial charge < -0.3 is 16.8 Å². The Morgan fingerprint density at radius 1 is 0.800 bits per heavy atom. The van der Waals surface area contributed by atoms with Gasteiger partial charge >= 0.3 is 12.4 Å².